The third-order valence-corrected chi connectivity index (χ3v) is 4.67. The molecule has 0 saturated carbocycles. The molecule has 1 aliphatic rings. The van der Waals surface area contributed by atoms with Crippen LogP contribution in [0.1, 0.15) is 47.0 Å². The molecule has 1 saturated heterocycles. The van der Waals surface area contributed by atoms with Crippen LogP contribution in [0.5, 0.6) is 0 Å². The van der Waals surface area contributed by atoms with Gasteiger partial charge in [0.15, 0.2) is 0 Å². The zero-order chi connectivity index (χ0) is 16.0. The number of nitrogens with zero attached hydrogens (tertiary/aromatic N) is 2. The van der Waals surface area contributed by atoms with E-state index in [1.165, 1.54) is 12.8 Å². The van der Waals surface area contributed by atoms with E-state index in [1.54, 1.807) is 6.92 Å². The Kier molecular flexibility index (Phi) is 7.10. The molecule has 5 heteroatoms. The maximum absolute atomic E-state index is 11.5. The molecule has 1 fully saturated rings. The van der Waals surface area contributed by atoms with Crippen molar-refractivity contribution in [3.8, 4) is 0 Å². The van der Waals surface area contributed by atoms with Gasteiger partial charge in [-0.15, -0.1) is 0 Å². The summed E-state index contributed by atoms with van der Waals surface area (Å²) in [6.07, 6.45) is 3.00. The van der Waals surface area contributed by atoms with Crippen LogP contribution >= 0.6 is 0 Å². The van der Waals surface area contributed by atoms with Crippen LogP contribution in [0.2, 0.25) is 0 Å². The number of rotatable bonds is 8. The summed E-state index contributed by atoms with van der Waals surface area (Å²) < 4.78 is 0. The Morgan fingerprint density at radius 2 is 2.00 bits per heavy atom. The van der Waals surface area contributed by atoms with Crippen LogP contribution in [0, 0.1) is 0 Å². The van der Waals surface area contributed by atoms with E-state index >= 15 is 0 Å². The molecule has 0 radical (unpaired) electrons. The summed E-state index contributed by atoms with van der Waals surface area (Å²) >= 11 is 0. The van der Waals surface area contributed by atoms with Gasteiger partial charge in [-0.25, -0.2) is 0 Å². The molecule has 124 valence electrons. The SMILES string of the molecule is CCN1CCC(N(C)CCC(C)(NC(C)C)C(=O)O)CC1. The number of likely N-dealkylation sites (tertiary alicyclic amines) is 1. The maximum atomic E-state index is 11.5. The van der Waals surface area contributed by atoms with E-state index in [1.807, 2.05) is 13.8 Å². The van der Waals surface area contributed by atoms with E-state index in [0.717, 1.165) is 26.2 Å². The molecule has 5 nitrogen and oxygen atoms in total. The van der Waals surface area contributed by atoms with E-state index in [-0.39, 0.29) is 6.04 Å². The molecular formula is C16H33N3O2. The minimum absolute atomic E-state index is 0.171. The third-order valence-electron chi connectivity index (χ3n) is 4.67. The van der Waals surface area contributed by atoms with Gasteiger partial charge >= 0.3 is 5.97 Å². The number of carboxylic acid groups (broad SMARTS) is 1. The number of aliphatic carboxylic acids is 1. The molecule has 1 rings (SSSR count). The monoisotopic (exact) mass is 299 g/mol. The van der Waals surface area contributed by atoms with Crippen LogP contribution in [0.4, 0.5) is 0 Å². The van der Waals surface area contributed by atoms with Crippen LogP contribution in [0.3, 0.4) is 0 Å². The molecule has 1 aliphatic heterocycles. The van der Waals surface area contributed by atoms with Gasteiger partial charge in [0.1, 0.15) is 5.54 Å². The van der Waals surface area contributed by atoms with Crippen molar-refractivity contribution in [1.29, 1.82) is 0 Å². The van der Waals surface area contributed by atoms with Crippen molar-refractivity contribution >= 4 is 5.97 Å². The summed E-state index contributed by atoms with van der Waals surface area (Å²) in [5, 5.41) is 12.7. The Bertz CT molecular complexity index is 327. The number of carboxylic acids is 1. The summed E-state index contributed by atoms with van der Waals surface area (Å²) in [6.45, 7) is 12.3. The first-order valence-corrected chi connectivity index (χ1v) is 8.22. The molecule has 1 atom stereocenters. The van der Waals surface area contributed by atoms with Gasteiger partial charge in [0.25, 0.3) is 0 Å². The second-order valence-electron chi connectivity index (χ2n) is 6.83. The molecule has 0 aliphatic carbocycles. The van der Waals surface area contributed by atoms with E-state index in [4.69, 9.17) is 0 Å². The molecule has 1 unspecified atom stereocenters. The molecule has 0 aromatic heterocycles. The largest absolute Gasteiger partial charge is 0.480 e. The summed E-state index contributed by atoms with van der Waals surface area (Å²) in [5.74, 6) is -0.759. The van der Waals surface area contributed by atoms with Gasteiger partial charge < -0.3 is 14.9 Å². The van der Waals surface area contributed by atoms with Gasteiger partial charge in [-0.05, 0) is 66.7 Å². The number of hydrogen-bond donors (Lipinski definition) is 2. The van der Waals surface area contributed by atoms with Crippen molar-refractivity contribution in [1.82, 2.24) is 15.1 Å². The molecule has 0 aromatic rings. The minimum Gasteiger partial charge on any atom is -0.480 e. The Morgan fingerprint density at radius 1 is 1.43 bits per heavy atom. The highest BCUT2D eigenvalue weighted by Crippen LogP contribution is 2.18. The van der Waals surface area contributed by atoms with Crippen molar-refractivity contribution < 1.29 is 9.90 Å². The topological polar surface area (TPSA) is 55.8 Å². The van der Waals surface area contributed by atoms with Gasteiger partial charge in [-0.2, -0.15) is 0 Å². The lowest BCUT2D eigenvalue weighted by Gasteiger charge is -2.38. The average molecular weight is 299 g/mol. The molecule has 1 heterocycles. The number of carbonyl (C=O) groups is 1. The molecular weight excluding hydrogens is 266 g/mol. The summed E-state index contributed by atoms with van der Waals surface area (Å²) in [4.78, 5) is 16.4. The average Bonchev–Trinajstić information content (AvgIpc) is 2.44. The highest BCUT2D eigenvalue weighted by Gasteiger charge is 2.34. The zero-order valence-electron chi connectivity index (χ0n) is 14.4. The number of nitrogens with one attached hydrogen (secondary N) is 1. The van der Waals surface area contributed by atoms with Crippen molar-refractivity contribution in [3.05, 3.63) is 0 Å². The first kappa shape index (κ1) is 18.4. The highest BCUT2D eigenvalue weighted by atomic mass is 16.4. The lowest BCUT2D eigenvalue weighted by atomic mass is 9.95. The van der Waals surface area contributed by atoms with Crippen LogP contribution in [-0.2, 0) is 4.79 Å². The number of hydrogen-bond acceptors (Lipinski definition) is 4. The Hall–Kier alpha value is -0.650. The van der Waals surface area contributed by atoms with E-state index in [2.05, 4.69) is 29.1 Å². The molecule has 0 amide bonds. The first-order valence-electron chi connectivity index (χ1n) is 8.22. The molecule has 0 aromatic carbocycles. The van der Waals surface area contributed by atoms with Gasteiger partial charge in [-0.3, -0.25) is 10.1 Å². The van der Waals surface area contributed by atoms with Crippen molar-refractivity contribution in [2.45, 2.75) is 64.6 Å². The highest BCUT2D eigenvalue weighted by molar-refractivity contribution is 5.78. The van der Waals surface area contributed by atoms with Crippen molar-refractivity contribution in [2.75, 3.05) is 33.2 Å². The third kappa shape index (κ3) is 5.57. The lowest BCUT2D eigenvalue weighted by Crippen LogP contribution is -2.54. The summed E-state index contributed by atoms with van der Waals surface area (Å²) in [6, 6.07) is 0.758. The van der Waals surface area contributed by atoms with Gasteiger partial charge in [0.2, 0.25) is 0 Å². The van der Waals surface area contributed by atoms with Crippen molar-refractivity contribution in [2.24, 2.45) is 0 Å². The maximum Gasteiger partial charge on any atom is 0.323 e. The second-order valence-corrected chi connectivity index (χ2v) is 6.83. The molecule has 21 heavy (non-hydrogen) atoms. The van der Waals surface area contributed by atoms with E-state index in [9.17, 15) is 9.90 Å². The summed E-state index contributed by atoms with van der Waals surface area (Å²) in [5.41, 5.74) is -0.841. The summed E-state index contributed by atoms with van der Waals surface area (Å²) in [7, 11) is 2.13. The Morgan fingerprint density at radius 3 is 2.43 bits per heavy atom. The van der Waals surface area contributed by atoms with E-state index < -0.39 is 11.5 Å². The van der Waals surface area contributed by atoms with Crippen LogP contribution in [0.15, 0.2) is 0 Å². The lowest BCUT2D eigenvalue weighted by molar-refractivity contribution is -0.145. The fourth-order valence-corrected chi connectivity index (χ4v) is 3.14. The van der Waals surface area contributed by atoms with Crippen molar-refractivity contribution in [3.63, 3.8) is 0 Å². The quantitative estimate of drug-likeness (QED) is 0.713. The minimum atomic E-state index is -0.841. The predicted molar refractivity (Wildman–Crippen MR) is 86.7 cm³/mol. The predicted octanol–water partition coefficient (Wildman–Crippen LogP) is 1.63. The molecule has 0 spiro atoms. The Labute approximate surface area is 129 Å². The standard InChI is InChI=1S/C16H33N3O2/c1-6-19-10-7-14(8-11-19)18(5)12-9-16(4,15(20)21)17-13(2)3/h13-14,17H,6-12H2,1-5H3,(H,20,21). The van der Waals surface area contributed by atoms with E-state index in [0.29, 0.717) is 12.5 Å². The zero-order valence-corrected chi connectivity index (χ0v) is 14.4. The first-order chi connectivity index (χ1) is 9.78. The van der Waals surface area contributed by atoms with Gasteiger partial charge in [0.05, 0.1) is 0 Å². The number of piperidine rings is 1. The van der Waals surface area contributed by atoms with Crippen LogP contribution in [0.25, 0.3) is 0 Å². The van der Waals surface area contributed by atoms with Crippen LogP contribution < -0.4 is 5.32 Å². The smallest absolute Gasteiger partial charge is 0.323 e. The second kappa shape index (κ2) is 8.11. The fraction of sp³-hybridized carbons (Fsp3) is 0.938. The van der Waals surface area contributed by atoms with Gasteiger partial charge in [-0.1, -0.05) is 6.92 Å². The fourth-order valence-electron chi connectivity index (χ4n) is 3.14. The van der Waals surface area contributed by atoms with Crippen LogP contribution in [-0.4, -0.2) is 71.7 Å². The molecule has 2 N–H and O–H groups in total. The Balaban J connectivity index is 2.47. The molecule has 0 bridgehead atoms. The van der Waals surface area contributed by atoms with Gasteiger partial charge in [0, 0.05) is 18.6 Å². The normalized spacial score (nSPS) is 20.9.